The quantitative estimate of drug-likeness (QED) is 0.415. The molecule has 4 fully saturated rings. The van der Waals surface area contributed by atoms with Gasteiger partial charge in [-0.3, -0.25) is 4.79 Å². The van der Waals surface area contributed by atoms with E-state index in [-0.39, 0.29) is 44.5 Å². The van der Waals surface area contributed by atoms with Gasteiger partial charge in [0.2, 0.25) is 0 Å². The zero-order valence-corrected chi connectivity index (χ0v) is 23.7. The Kier molecular flexibility index (Phi) is 5.47. The van der Waals surface area contributed by atoms with Crippen LogP contribution in [-0.2, 0) is 9.53 Å². The summed E-state index contributed by atoms with van der Waals surface area (Å²) in [5, 5.41) is 10.9. The molecule has 0 aromatic carbocycles. The van der Waals surface area contributed by atoms with Crippen LogP contribution in [0.3, 0.4) is 0 Å². The number of fused-ring (bicyclic) bond motifs is 7. The third kappa shape index (κ3) is 3.09. The first-order valence-corrected chi connectivity index (χ1v) is 14.3. The van der Waals surface area contributed by atoms with E-state index in [0.29, 0.717) is 17.6 Å². The van der Waals surface area contributed by atoms with Crippen LogP contribution in [-0.4, -0.2) is 24.1 Å². The largest absolute Gasteiger partial charge is 0.501 e. The van der Waals surface area contributed by atoms with Gasteiger partial charge in [-0.2, -0.15) is 0 Å². The van der Waals surface area contributed by atoms with E-state index in [1.54, 1.807) is 7.11 Å². The Balaban J connectivity index is 1.61. The molecular formula is C32H50O3. The molecule has 0 saturated heterocycles. The van der Waals surface area contributed by atoms with Crippen LogP contribution in [0.2, 0.25) is 0 Å². The first kappa shape index (κ1) is 25.6. The van der Waals surface area contributed by atoms with Crippen LogP contribution in [0.5, 0.6) is 0 Å². The highest BCUT2D eigenvalue weighted by molar-refractivity contribution is 5.95. The monoisotopic (exact) mass is 482 g/mol. The lowest BCUT2D eigenvalue weighted by Gasteiger charge is -2.70. The molecule has 35 heavy (non-hydrogen) atoms. The Morgan fingerprint density at radius 1 is 0.971 bits per heavy atom. The smallest absolute Gasteiger partial charge is 0.159 e. The van der Waals surface area contributed by atoms with Crippen molar-refractivity contribution in [3.63, 3.8) is 0 Å². The average Bonchev–Trinajstić information content (AvgIpc) is 2.78. The van der Waals surface area contributed by atoms with E-state index in [2.05, 4.69) is 61.1 Å². The topological polar surface area (TPSA) is 46.5 Å². The minimum absolute atomic E-state index is 0.0357. The summed E-state index contributed by atoms with van der Waals surface area (Å²) in [7, 11) is 1.75. The number of allylic oxidation sites excluding steroid dienone is 3. The van der Waals surface area contributed by atoms with Crippen molar-refractivity contribution >= 4 is 5.78 Å². The van der Waals surface area contributed by atoms with Crippen molar-refractivity contribution in [2.75, 3.05) is 7.11 Å². The molecule has 1 N–H and O–H groups in total. The molecule has 1 unspecified atom stereocenters. The number of rotatable bonds is 2. The van der Waals surface area contributed by atoms with E-state index in [0.717, 1.165) is 44.3 Å². The third-order valence-corrected chi connectivity index (χ3v) is 13.5. The van der Waals surface area contributed by atoms with Crippen molar-refractivity contribution in [2.24, 2.45) is 50.2 Å². The SMILES string of the molecule is C=C(OC)[C@@]1(C)CC[C@]2(C)CC[C@]3(C)C(=CC(=O)[C@@H]4[C@@]5(C)CC[C@H](O)C(C)(C)C5CC[C@]43C)[C@@H]2C1. The molecule has 5 aliphatic carbocycles. The van der Waals surface area contributed by atoms with E-state index in [4.69, 9.17) is 4.74 Å². The lowest BCUT2D eigenvalue weighted by atomic mass is 9.33. The van der Waals surface area contributed by atoms with E-state index < -0.39 is 0 Å². The van der Waals surface area contributed by atoms with E-state index >= 15 is 0 Å². The van der Waals surface area contributed by atoms with E-state index in [1.807, 2.05) is 0 Å². The molecule has 0 spiro atoms. The normalized spacial score (nSPS) is 52.8. The number of aliphatic hydroxyl groups excluding tert-OH is 1. The maximum Gasteiger partial charge on any atom is 0.159 e. The Hall–Kier alpha value is -1.09. The van der Waals surface area contributed by atoms with Gasteiger partial charge in [-0.15, -0.1) is 0 Å². The highest BCUT2D eigenvalue weighted by Crippen LogP contribution is 2.75. The maximum atomic E-state index is 14.3. The van der Waals surface area contributed by atoms with Gasteiger partial charge in [0.05, 0.1) is 19.0 Å². The predicted molar refractivity (Wildman–Crippen MR) is 142 cm³/mol. The fourth-order valence-corrected chi connectivity index (χ4v) is 10.7. The molecule has 0 aromatic heterocycles. The van der Waals surface area contributed by atoms with Crippen molar-refractivity contribution in [1.82, 2.24) is 0 Å². The summed E-state index contributed by atoms with van der Waals surface area (Å²) < 4.78 is 5.69. The first-order valence-electron chi connectivity index (χ1n) is 14.3. The Labute approximate surface area is 214 Å². The van der Waals surface area contributed by atoms with Crippen molar-refractivity contribution in [3.8, 4) is 0 Å². The second kappa shape index (κ2) is 7.49. The van der Waals surface area contributed by atoms with E-state index in [9.17, 15) is 9.90 Å². The molecule has 5 rings (SSSR count). The fourth-order valence-electron chi connectivity index (χ4n) is 10.7. The molecule has 4 saturated carbocycles. The summed E-state index contributed by atoms with van der Waals surface area (Å²) in [4.78, 5) is 14.3. The molecule has 0 aromatic rings. The lowest BCUT2D eigenvalue weighted by molar-refractivity contribution is -0.202. The van der Waals surface area contributed by atoms with Gasteiger partial charge in [0.15, 0.2) is 5.78 Å². The predicted octanol–water partition coefficient (Wildman–Crippen LogP) is 7.49. The molecule has 0 amide bonds. The number of aliphatic hydroxyl groups is 1. The molecule has 3 nitrogen and oxygen atoms in total. The van der Waals surface area contributed by atoms with Crippen LogP contribution in [0, 0.1) is 50.2 Å². The van der Waals surface area contributed by atoms with Crippen LogP contribution in [0.1, 0.15) is 106 Å². The van der Waals surface area contributed by atoms with Gasteiger partial charge in [-0.25, -0.2) is 0 Å². The molecule has 196 valence electrons. The molecule has 9 atom stereocenters. The number of carbonyl (C=O) groups is 1. The highest BCUT2D eigenvalue weighted by Gasteiger charge is 2.70. The van der Waals surface area contributed by atoms with E-state index in [1.165, 1.54) is 24.8 Å². The summed E-state index contributed by atoms with van der Waals surface area (Å²) in [5.74, 6) is 2.11. The van der Waals surface area contributed by atoms with Gasteiger partial charge in [0.1, 0.15) is 0 Å². The third-order valence-electron chi connectivity index (χ3n) is 13.5. The molecule has 0 aliphatic heterocycles. The molecule has 0 bridgehead atoms. The Bertz CT molecular complexity index is 977. The molecule has 5 aliphatic rings. The number of carbonyl (C=O) groups excluding carboxylic acids is 1. The summed E-state index contributed by atoms with van der Waals surface area (Å²) in [6.45, 7) is 21.0. The second-order valence-corrected chi connectivity index (χ2v) is 15.3. The fraction of sp³-hybridized carbons (Fsp3) is 0.844. The van der Waals surface area contributed by atoms with Crippen LogP contribution >= 0.6 is 0 Å². The van der Waals surface area contributed by atoms with Gasteiger partial charge in [0.25, 0.3) is 0 Å². The summed E-state index contributed by atoms with van der Waals surface area (Å²) >= 11 is 0. The van der Waals surface area contributed by atoms with Crippen molar-refractivity contribution in [3.05, 3.63) is 24.0 Å². The van der Waals surface area contributed by atoms with Gasteiger partial charge < -0.3 is 9.84 Å². The van der Waals surface area contributed by atoms with Crippen LogP contribution < -0.4 is 0 Å². The molecule has 0 heterocycles. The molecule has 0 radical (unpaired) electrons. The van der Waals surface area contributed by atoms with Gasteiger partial charge >= 0.3 is 0 Å². The summed E-state index contributed by atoms with van der Waals surface area (Å²) in [6, 6.07) is 0. The minimum Gasteiger partial charge on any atom is -0.501 e. The number of ketones is 1. The van der Waals surface area contributed by atoms with Gasteiger partial charge in [0, 0.05) is 11.3 Å². The van der Waals surface area contributed by atoms with Crippen LogP contribution in [0.15, 0.2) is 24.0 Å². The minimum atomic E-state index is -0.269. The highest BCUT2D eigenvalue weighted by atomic mass is 16.5. The molecular weight excluding hydrogens is 432 g/mol. The van der Waals surface area contributed by atoms with Crippen LogP contribution in [0.25, 0.3) is 0 Å². The number of hydrogen-bond donors (Lipinski definition) is 1. The first-order chi connectivity index (χ1) is 16.1. The standard InChI is InChI=1S/C32H50O3/c1-20(35-9)29(5)15-14-28(4)16-17-31(7)21(22(28)19-29)18-23(33)26-30(6)12-11-25(34)27(2,3)24(30)10-13-32(26,31)8/h18,22,24-26,34H,1,10-17,19H2,2-9H3/t22-,24?,25-,26+,28+,29-,30-,31+,32+/m0/s1. The zero-order valence-electron chi connectivity index (χ0n) is 23.7. The van der Waals surface area contributed by atoms with Crippen LogP contribution in [0.4, 0.5) is 0 Å². The van der Waals surface area contributed by atoms with Crippen molar-refractivity contribution in [1.29, 1.82) is 0 Å². The number of hydrogen-bond acceptors (Lipinski definition) is 3. The van der Waals surface area contributed by atoms with Crippen molar-refractivity contribution in [2.45, 2.75) is 112 Å². The summed E-state index contributed by atoms with van der Waals surface area (Å²) in [5.41, 5.74) is 1.47. The molecule has 3 heteroatoms. The zero-order chi connectivity index (χ0) is 25.8. The van der Waals surface area contributed by atoms with Gasteiger partial charge in [-0.1, -0.05) is 60.6 Å². The average molecular weight is 483 g/mol. The lowest BCUT2D eigenvalue weighted by Crippen LogP contribution is -2.66. The number of ether oxygens (including phenoxy) is 1. The number of methoxy groups -OCH3 is 1. The van der Waals surface area contributed by atoms with Gasteiger partial charge in [-0.05, 0) is 103 Å². The Morgan fingerprint density at radius 3 is 2.29 bits per heavy atom. The summed E-state index contributed by atoms with van der Waals surface area (Å²) in [6.07, 6.45) is 11.6. The maximum absolute atomic E-state index is 14.3. The second-order valence-electron chi connectivity index (χ2n) is 15.3. The van der Waals surface area contributed by atoms with Crippen molar-refractivity contribution < 1.29 is 14.6 Å². The Morgan fingerprint density at radius 2 is 1.63 bits per heavy atom.